The summed E-state index contributed by atoms with van der Waals surface area (Å²) in [6.07, 6.45) is 3.56. The Hall–Kier alpha value is -2.14. The van der Waals surface area contributed by atoms with E-state index in [-0.39, 0.29) is 42.9 Å². The van der Waals surface area contributed by atoms with E-state index in [1.807, 2.05) is 0 Å². The molecule has 2 atom stereocenters. The van der Waals surface area contributed by atoms with Gasteiger partial charge in [0.2, 0.25) is 22.1 Å². The number of ether oxygens (including phenoxy) is 3. The van der Waals surface area contributed by atoms with Crippen LogP contribution in [0.3, 0.4) is 0 Å². The Balaban J connectivity index is 1.61. The van der Waals surface area contributed by atoms with Crippen LogP contribution in [0.15, 0.2) is 41.0 Å². The molecule has 2 N–H and O–H groups in total. The molecule has 0 radical (unpaired) electrons. The minimum Gasteiger partial charge on any atom is -0.497 e. The Morgan fingerprint density at radius 2 is 1.93 bits per heavy atom. The predicted octanol–water partition coefficient (Wildman–Crippen LogP) is 1.44. The van der Waals surface area contributed by atoms with E-state index in [1.165, 1.54) is 19.2 Å². The second-order valence-electron chi connectivity index (χ2n) is 7.29. The van der Waals surface area contributed by atoms with E-state index < -0.39 is 22.3 Å². The van der Waals surface area contributed by atoms with Crippen LogP contribution in [0.25, 0.3) is 0 Å². The smallest absolute Gasteiger partial charge is 0.370 e. The maximum absolute atomic E-state index is 12.9. The van der Waals surface area contributed by atoms with Crippen LogP contribution in [0.1, 0.15) is 19.3 Å². The Bertz CT molecular complexity index is 863. The van der Waals surface area contributed by atoms with Crippen molar-refractivity contribution in [3.63, 3.8) is 0 Å². The van der Waals surface area contributed by atoms with Crippen LogP contribution >= 0.6 is 0 Å². The summed E-state index contributed by atoms with van der Waals surface area (Å²) in [5.41, 5.74) is 0. The monoisotopic (exact) mass is 441 g/mol. The molecule has 9 nitrogen and oxygen atoms in total. The number of aliphatic hydroxyl groups excluding tert-OH is 1. The zero-order valence-corrected chi connectivity index (χ0v) is 17.6. The van der Waals surface area contributed by atoms with E-state index in [4.69, 9.17) is 14.2 Å². The Kier molecular flexibility index (Phi) is 7.35. The number of nitrogens with zero attached hydrogens (tertiary/aromatic N) is 1. The summed E-state index contributed by atoms with van der Waals surface area (Å²) < 4.78 is 43.1. The highest BCUT2D eigenvalue weighted by Gasteiger charge is 2.37. The molecule has 10 heteroatoms. The lowest BCUT2D eigenvalue weighted by Gasteiger charge is -2.29. The zero-order chi connectivity index (χ0) is 21.7. The summed E-state index contributed by atoms with van der Waals surface area (Å²) in [5, 5.41) is 18.6. The predicted molar refractivity (Wildman–Crippen MR) is 106 cm³/mol. The number of hydrogen-bond acceptors (Lipinski definition) is 7. The van der Waals surface area contributed by atoms with Gasteiger partial charge in [-0.25, -0.2) is 13.2 Å². The normalized spacial score (nSPS) is 21.8. The van der Waals surface area contributed by atoms with Crippen LogP contribution in [0.5, 0.6) is 5.75 Å². The summed E-state index contributed by atoms with van der Waals surface area (Å²) in [4.78, 5) is 11.4. The van der Waals surface area contributed by atoms with Crippen molar-refractivity contribution in [1.29, 1.82) is 0 Å². The molecule has 0 bridgehead atoms. The van der Waals surface area contributed by atoms with Gasteiger partial charge in [0.25, 0.3) is 0 Å². The van der Waals surface area contributed by atoms with Crippen LogP contribution in [0.2, 0.25) is 0 Å². The Labute approximate surface area is 175 Å². The molecule has 0 saturated heterocycles. The molecule has 1 heterocycles. The minimum atomic E-state index is -3.84. The Morgan fingerprint density at radius 1 is 1.23 bits per heavy atom. The quantitative estimate of drug-likeness (QED) is 0.529. The average molecular weight is 442 g/mol. The second-order valence-corrected chi connectivity index (χ2v) is 9.23. The largest absolute Gasteiger partial charge is 0.497 e. The summed E-state index contributed by atoms with van der Waals surface area (Å²) in [5.74, 6) is -0.186. The van der Waals surface area contributed by atoms with Gasteiger partial charge in [0.15, 0.2) is 0 Å². The van der Waals surface area contributed by atoms with Gasteiger partial charge in [-0.1, -0.05) is 0 Å². The van der Waals surface area contributed by atoms with Crippen LogP contribution < -0.4 is 4.74 Å². The molecule has 1 fully saturated rings. The van der Waals surface area contributed by atoms with Crippen molar-refractivity contribution in [2.45, 2.75) is 30.4 Å². The summed E-state index contributed by atoms with van der Waals surface area (Å²) in [6, 6.07) is 5.98. The lowest BCUT2D eigenvalue weighted by molar-refractivity contribution is -0.159. The maximum Gasteiger partial charge on any atom is 0.370 e. The molecule has 30 heavy (non-hydrogen) atoms. The van der Waals surface area contributed by atoms with Gasteiger partial charge in [-0.3, -0.25) is 0 Å². The van der Waals surface area contributed by atoms with Crippen molar-refractivity contribution in [2.75, 3.05) is 33.4 Å². The van der Waals surface area contributed by atoms with Gasteiger partial charge in [-0.05, 0) is 55.0 Å². The number of hydrogen-bond donors (Lipinski definition) is 2. The average Bonchev–Trinajstić information content (AvgIpc) is 3.58. The molecule has 166 valence electrons. The number of carboxylic acids is 1. The number of aliphatic hydroxyl groups is 1. The molecule has 1 aliphatic heterocycles. The molecule has 2 aliphatic rings. The molecular formula is C20H27NO8S. The molecule has 1 saturated carbocycles. The number of rotatable bonds is 11. The maximum atomic E-state index is 12.9. The first kappa shape index (κ1) is 22.5. The topological polar surface area (TPSA) is 123 Å². The third-order valence-electron chi connectivity index (χ3n) is 5.22. The van der Waals surface area contributed by atoms with Crippen LogP contribution in [0, 0.1) is 11.8 Å². The summed E-state index contributed by atoms with van der Waals surface area (Å²) >= 11 is 0. The first-order valence-corrected chi connectivity index (χ1v) is 11.3. The van der Waals surface area contributed by atoms with Crippen LogP contribution in [-0.2, 0) is 24.3 Å². The highest BCUT2D eigenvalue weighted by atomic mass is 32.2. The van der Waals surface area contributed by atoms with Crippen LogP contribution in [0.4, 0.5) is 0 Å². The molecule has 0 amide bonds. The lowest BCUT2D eigenvalue weighted by atomic mass is 9.96. The first-order valence-electron chi connectivity index (χ1n) is 9.83. The van der Waals surface area contributed by atoms with Gasteiger partial charge in [-0.2, -0.15) is 4.31 Å². The zero-order valence-electron chi connectivity index (χ0n) is 16.8. The number of methoxy groups -OCH3 is 1. The van der Waals surface area contributed by atoms with Gasteiger partial charge in [0.1, 0.15) is 5.75 Å². The highest BCUT2D eigenvalue weighted by molar-refractivity contribution is 7.89. The standard InChI is InChI=1S/C20H27NO8S/c1-27-16-4-6-17(7-5-16)30(25,26)21(8-10-22)9-11-28-19-13-15(14-2-3-14)12-18(29-19)20(23)24/h4-7,12,14-15,19,22H,2-3,8-11,13H2,1H3,(H,23,24)/t15-,19+/m1/s1. The van der Waals surface area contributed by atoms with Crippen molar-refractivity contribution in [3.05, 3.63) is 36.1 Å². The third-order valence-corrected chi connectivity index (χ3v) is 7.13. The second kappa shape index (κ2) is 9.78. The number of benzene rings is 1. The van der Waals surface area contributed by atoms with Crippen molar-refractivity contribution >= 4 is 16.0 Å². The molecule has 3 rings (SSSR count). The van der Waals surface area contributed by atoms with Crippen molar-refractivity contribution in [1.82, 2.24) is 4.31 Å². The van der Waals surface area contributed by atoms with E-state index in [2.05, 4.69) is 0 Å². The van der Waals surface area contributed by atoms with E-state index in [9.17, 15) is 23.4 Å². The fraction of sp³-hybridized carbons (Fsp3) is 0.550. The molecule has 0 aromatic heterocycles. The molecule has 1 aromatic rings. The first-order chi connectivity index (χ1) is 14.3. The van der Waals surface area contributed by atoms with Crippen molar-refractivity contribution in [2.24, 2.45) is 11.8 Å². The van der Waals surface area contributed by atoms with Gasteiger partial charge in [-0.15, -0.1) is 0 Å². The number of carboxylic acid groups (broad SMARTS) is 1. The van der Waals surface area contributed by atoms with Crippen molar-refractivity contribution in [3.8, 4) is 5.75 Å². The molecular weight excluding hydrogens is 414 g/mol. The van der Waals surface area contributed by atoms with E-state index >= 15 is 0 Å². The molecule has 0 spiro atoms. The Morgan fingerprint density at radius 3 is 2.50 bits per heavy atom. The molecule has 0 unspecified atom stereocenters. The third kappa shape index (κ3) is 5.51. The number of carbonyl (C=O) groups is 1. The SMILES string of the molecule is COc1ccc(S(=O)(=O)N(CCO)CCO[C@@H]2C[C@H](C3CC3)C=C(C(=O)O)O2)cc1. The van der Waals surface area contributed by atoms with Gasteiger partial charge in [0.05, 0.1) is 25.2 Å². The summed E-state index contributed by atoms with van der Waals surface area (Å²) in [6.45, 7) is -0.432. The fourth-order valence-corrected chi connectivity index (χ4v) is 4.85. The highest BCUT2D eigenvalue weighted by Crippen LogP contribution is 2.42. The molecule has 1 aromatic carbocycles. The van der Waals surface area contributed by atoms with E-state index in [1.54, 1.807) is 18.2 Å². The van der Waals surface area contributed by atoms with Gasteiger partial charge in [0, 0.05) is 19.5 Å². The van der Waals surface area contributed by atoms with E-state index in [0.717, 1.165) is 17.1 Å². The van der Waals surface area contributed by atoms with Crippen LogP contribution in [-0.4, -0.2) is 68.6 Å². The number of sulfonamides is 1. The fourth-order valence-electron chi connectivity index (χ4n) is 3.44. The summed E-state index contributed by atoms with van der Waals surface area (Å²) in [7, 11) is -2.35. The number of aliphatic carboxylic acids is 1. The minimum absolute atomic E-state index is 0.00430. The lowest BCUT2D eigenvalue weighted by Crippen LogP contribution is -2.37. The molecule has 1 aliphatic carbocycles. The number of allylic oxidation sites excluding steroid dienone is 1. The van der Waals surface area contributed by atoms with Gasteiger partial charge < -0.3 is 24.4 Å². The van der Waals surface area contributed by atoms with Crippen molar-refractivity contribution < 1.29 is 37.6 Å². The van der Waals surface area contributed by atoms with E-state index in [0.29, 0.717) is 18.1 Å². The van der Waals surface area contributed by atoms with Gasteiger partial charge >= 0.3 is 5.97 Å².